The number of amides is 1. The molecule has 21 heavy (non-hydrogen) atoms. The molecule has 0 saturated heterocycles. The van der Waals surface area contributed by atoms with E-state index in [1.807, 2.05) is 19.9 Å². The van der Waals surface area contributed by atoms with Gasteiger partial charge in [0.25, 0.3) is 5.91 Å². The molecule has 2 rings (SSSR count). The van der Waals surface area contributed by atoms with Crippen LogP contribution in [0, 0.1) is 6.92 Å². The Morgan fingerprint density at radius 3 is 2.62 bits per heavy atom. The predicted molar refractivity (Wildman–Crippen MR) is 84.8 cm³/mol. The van der Waals surface area contributed by atoms with Crippen LogP contribution >= 0.6 is 22.9 Å². The average Bonchev–Trinajstić information content (AvgIpc) is 2.81. The average molecular weight is 324 g/mol. The van der Waals surface area contributed by atoms with Crippen molar-refractivity contribution in [3.63, 3.8) is 0 Å². The molecule has 2 N–H and O–H groups in total. The summed E-state index contributed by atoms with van der Waals surface area (Å²) in [5, 5.41) is 12.1. The third kappa shape index (κ3) is 3.43. The second kappa shape index (κ2) is 6.28. The Bertz CT molecular complexity index is 709. The van der Waals surface area contributed by atoms with Gasteiger partial charge in [-0.05, 0) is 43.2 Å². The number of carboxylic acid groups (broad SMARTS) is 1. The maximum Gasteiger partial charge on any atom is 0.337 e. The van der Waals surface area contributed by atoms with Crippen molar-refractivity contribution in [3.05, 3.63) is 50.2 Å². The molecule has 0 aliphatic carbocycles. The van der Waals surface area contributed by atoms with Gasteiger partial charge in [0.2, 0.25) is 0 Å². The van der Waals surface area contributed by atoms with Crippen molar-refractivity contribution in [3.8, 4) is 0 Å². The summed E-state index contributed by atoms with van der Waals surface area (Å²) in [6.07, 6.45) is 0.866. The van der Waals surface area contributed by atoms with Gasteiger partial charge in [0, 0.05) is 9.90 Å². The topological polar surface area (TPSA) is 66.4 Å². The molecule has 1 amide bonds. The first-order valence-electron chi connectivity index (χ1n) is 6.36. The number of thiophene rings is 1. The van der Waals surface area contributed by atoms with Crippen LogP contribution in [-0.4, -0.2) is 17.0 Å². The highest BCUT2D eigenvalue weighted by atomic mass is 35.5. The van der Waals surface area contributed by atoms with E-state index < -0.39 is 5.97 Å². The molecule has 2 aromatic rings. The monoisotopic (exact) mass is 323 g/mol. The molecule has 6 heteroatoms. The second-order valence-corrected chi connectivity index (χ2v) is 6.09. The van der Waals surface area contributed by atoms with Crippen LogP contribution in [0.25, 0.3) is 0 Å². The SMILES string of the molecule is CCc1sc(C(=O)Nc2ccc(Cl)cc2C(=O)O)cc1C. The van der Waals surface area contributed by atoms with Crippen molar-refractivity contribution in [2.24, 2.45) is 0 Å². The van der Waals surface area contributed by atoms with E-state index >= 15 is 0 Å². The lowest BCUT2D eigenvalue weighted by Crippen LogP contribution is -2.13. The number of carboxylic acids is 1. The molecule has 0 saturated carbocycles. The first kappa shape index (κ1) is 15.5. The zero-order valence-electron chi connectivity index (χ0n) is 11.6. The Morgan fingerprint density at radius 2 is 2.05 bits per heavy atom. The van der Waals surface area contributed by atoms with Crippen molar-refractivity contribution in [1.29, 1.82) is 0 Å². The highest BCUT2D eigenvalue weighted by Gasteiger charge is 2.16. The molecule has 0 radical (unpaired) electrons. The van der Waals surface area contributed by atoms with Gasteiger partial charge in [-0.15, -0.1) is 11.3 Å². The number of hydrogen-bond donors (Lipinski definition) is 2. The zero-order valence-corrected chi connectivity index (χ0v) is 13.1. The van der Waals surface area contributed by atoms with Gasteiger partial charge >= 0.3 is 5.97 Å². The molecule has 0 aliphatic rings. The highest BCUT2D eigenvalue weighted by molar-refractivity contribution is 7.14. The quantitative estimate of drug-likeness (QED) is 0.885. The van der Waals surface area contributed by atoms with Crippen LogP contribution in [0.3, 0.4) is 0 Å². The third-order valence-electron chi connectivity index (χ3n) is 3.03. The van der Waals surface area contributed by atoms with Gasteiger partial charge in [0.15, 0.2) is 0 Å². The third-order valence-corrected chi connectivity index (χ3v) is 4.64. The van der Waals surface area contributed by atoms with Crippen LogP contribution in [0.5, 0.6) is 0 Å². The van der Waals surface area contributed by atoms with Gasteiger partial charge in [0.1, 0.15) is 0 Å². The van der Waals surface area contributed by atoms with Crippen LogP contribution in [-0.2, 0) is 6.42 Å². The number of aromatic carboxylic acids is 1. The van der Waals surface area contributed by atoms with E-state index in [0.717, 1.165) is 16.9 Å². The minimum atomic E-state index is -1.13. The summed E-state index contributed by atoms with van der Waals surface area (Å²) in [5.74, 6) is -1.45. The molecule has 0 fully saturated rings. The van der Waals surface area contributed by atoms with Gasteiger partial charge in [0.05, 0.1) is 16.1 Å². The van der Waals surface area contributed by atoms with E-state index in [9.17, 15) is 9.59 Å². The molecule has 0 bridgehead atoms. The summed E-state index contributed by atoms with van der Waals surface area (Å²) < 4.78 is 0. The minimum Gasteiger partial charge on any atom is -0.478 e. The molecular weight excluding hydrogens is 310 g/mol. The van der Waals surface area contributed by atoms with Crippen molar-refractivity contribution < 1.29 is 14.7 Å². The molecule has 1 aromatic carbocycles. The Morgan fingerprint density at radius 1 is 1.33 bits per heavy atom. The molecule has 0 aliphatic heterocycles. The minimum absolute atomic E-state index is 0.0279. The number of benzene rings is 1. The fraction of sp³-hybridized carbons (Fsp3) is 0.200. The number of carbonyl (C=O) groups is 2. The Kier molecular flexibility index (Phi) is 4.65. The number of halogens is 1. The summed E-state index contributed by atoms with van der Waals surface area (Å²) in [5.41, 5.74) is 1.28. The molecule has 0 unspecified atom stereocenters. The number of aryl methyl sites for hydroxylation is 2. The molecule has 4 nitrogen and oxygen atoms in total. The normalized spacial score (nSPS) is 10.4. The van der Waals surface area contributed by atoms with Crippen molar-refractivity contribution in [1.82, 2.24) is 0 Å². The van der Waals surface area contributed by atoms with Crippen LogP contribution in [0.4, 0.5) is 5.69 Å². The second-order valence-electron chi connectivity index (χ2n) is 4.52. The van der Waals surface area contributed by atoms with E-state index in [1.165, 1.54) is 23.5 Å². The number of rotatable bonds is 4. The van der Waals surface area contributed by atoms with Gasteiger partial charge in [-0.25, -0.2) is 4.79 Å². The van der Waals surface area contributed by atoms with E-state index in [1.54, 1.807) is 6.07 Å². The van der Waals surface area contributed by atoms with Gasteiger partial charge in [-0.3, -0.25) is 4.79 Å². The standard InChI is InChI=1S/C15H14ClNO3S/c1-3-12-8(2)6-13(21-12)14(18)17-11-5-4-9(16)7-10(11)15(19)20/h4-7H,3H2,1-2H3,(H,17,18)(H,19,20). The molecular formula is C15H14ClNO3S. The van der Waals surface area contributed by atoms with E-state index in [4.69, 9.17) is 16.7 Å². The van der Waals surface area contributed by atoms with Crippen LogP contribution < -0.4 is 5.32 Å². The predicted octanol–water partition coefficient (Wildman–Crippen LogP) is 4.22. The van der Waals surface area contributed by atoms with E-state index in [-0.39, 0.29) is 17.2 Å². The maximum atomic E-state index is 12.2. The molecule has 110 valence electrons. The Hall–Kier alpha value is -1.85. The van der Waals surface area contributed by atoms with Crippen LogP contribution in [0.15, 0.2) is 24.3 Å². The van der Waals surface area contributed by atoms with E-state index in [2.05, 4.69) is 5.32 Å². The summed E-state index contributed by atoms with van der Waals surface area (Å²) in [7, 11) is 0. The summed E-state index contributed by atoms with van der Waals surface area (Å²) in [6.45, 7) is 3.99. The number of hydrogen-bond acceptors (Lipinski definition) is 3. The van der Waals surface area contributed by atoms with Crippen molar-refractivity contribution in [2.45, 2.75) is 20.3 Å². The molecule has 1 aromatic heterocycles. The Balaban J connectivity index is 2.29. The summed E-state index contributed by atoms with van der Waals surface area (Å²) >= 11 is 7.20. The van der Waals surface area contributed by atoms with E-state index in [0.29, 0.717) is 9.90 Å². The van der Waals surface area contributed by atoms with Gasteiger partial charge in [-0.1, -0.05) is 18.5 Å². The summed E-state index contributed by atoms with van der Waals surface area (Å²) in [6, 6.07) is 6.16. The van der Waals surface area contributed by atoms with Crippen LogP contribution in [0.1, 0.15) is 37.4 Å². The molecule has 0 atom stereocenters. The lowest BCUT2D eigenvalue weighted by molar-refractivity contribution is 0.0698. The van der Waals surface area contributed by atoms with Gasteiger partial charge in [-0.2, -0.15) is 0 Å². The smallest absolute Gasteiger partial charge is 0.337 e. The number of anilines is 1. The largest absolute Gasteiger partial charge is 0.478 e. The lowest BCUT2D eigenvalue weighted by Gasteiger charge is -2.07. The zero-order chi connectivity index (χ0) is 15.6. The molecule has 1 heterocycles. The maximum absolute atomic E-state index is 12.2. The number of nitrogens with one attached hydrogen (secondary N) is 1. The first-order chi connectivity index (χ1) is 9.92. The van der Waals surface area contributed by atoms with Crippen LogP contribution in [0.2, 0.25) is 5.02 Å². The fourth-order valence-corrected chi connectivity index (χ4v) is 3.15. The van der Waals surface area contributed by atoms with Gasteiger partial charge < -0.3 is 10.4 Å². The first-order valence-corrected chi connectivity index (χ1v) is 7.55. The fourth-order valence-electron chi connectivity index (χ4n) is 1.97. The summed E-state index contributed by atoms with van der Waals surface area (Å²) in [4.78, 5) is 25.1. The van der Waals surface area contributed by atoms with Crippen molar-refractivity contribution >= 4 is 40.5 Å². The number of carbonyl (C=O) groups excluding carboxylic acids is 1. The highest BCUT2D eigenvalue weighted by Crippen LogP contribution is 2.25. The van der Waals surface area contributed by atoms with Crippen molar-refractivity contribution in [2.75, 3.05) is 5.32 Å². The molecule has 0 spiro atoms. The lowest BCUT2D eigenvalue weighted by atomic mass is 10.1. The Labute approximate surface area is 131 Å².